The Bertz CT molecular complexity index is 1270. The molecule has 13 heteroatoms. The van der Waals surface area contributed by atoms with Gasteiger partial charge in [0.1, 0.15) is 0 Å². The molecule has 1 aliphatic rings. The number of aryl methyl sites for hydroxylation is 1. The number of piperidine rings is 1. The molecule has 3 heterocycles. The number of furan rings is 1. The van der Waals surface area contributed by atoms with Crippen molar-refractivity contribution >= 4 is 58.2 Å². The van der Waals surface area contributed by atoms with E-state index in [-0.39, 0.29) is 54.5 Å². The Morgan fingerprint density at radius 2 is 1.97 bits per heavy atom. The van der Waals surface area contributed by atoms with E-state index in [1.54, 1.807) is 23.9 Å². The lowest BCUT2D eigenvalue weighted by atomic mass is 9.81. The van der Waals surface area contributed by atoms with Crippen molar-refractivity contribution in [3.05, 3.63) is 62.1 Å². The number of hydrogen-bond acceptors (Lipinski definition) is 6. The van der Waals surface area contributed by atoms with Crippen LogP contribution < -0.4 is 16.0 Å². The van der Waals surface area contributed by atoms with E-state index in [9.17, 15) is 9.59 Å². The summed E-state index contributed by atoms with van der Waals surface area (Å²) < 4.78 is 7.10. The first-order valence-electron chi connectivity index (χ1n) is 11.5. The minimum Gasteiger partial charge on any atom is -0.439 e. The van der Waals surface area contributed by atoms with Crippen LogP contribution in [0.3, 0.4) is 0 Å². The molecule has 0 radical (unpaired) electrons. The smallest absolute Gasteiger partial charge is 0.287 e. The van der Waals surface area contributed by atoms with E-state index in [0.717, 1.165) is 5.56 Å². The number of carbonyl (C=O) groups excluding carboxylic acids is 2. The zero-order valence-electron chi connectivity index (χ0n) is 19.7. The van der Waals surface area contributed by atoms with Gasteiger partial charge in [-0.25, -0.2) is 0 Å². The van der Waals surface area contributed by atoms with Crippen LogP contribution in [-0.2, 0) is 11.8 Å². The second-order valence-corrected chi connectivity index (χ2v) is 10.3. The van der Waals surface area contributed by atoms with E-state index in [4.69, 9.17) is 55.9 Å². The van der Waals surface area contributed by atoms with Gasteiger partial charge in [0.15, 0.2) is 5.76 Å². The molecule has 0 saturated carbocycles. The molecule has 3 aromatic rings. The van der Waals surface area contributed by atoms with E-state index < -0.39 is 5.91 Å². The summed E-state index contributed by atoms with van der Waals surface area (Å²) in [5, 5.41) is 23.3. The molecule has 37 heavy (non-hydrogen) atoms. The standard InChI is InChI=1S/C24H25Cl4N5O4/c1-33-22(18(27)10-31-33)15-9-20(37-23(15)28)24(36)32-19-11-30-13(8-21(35)29-4-5-34)7-14(19)12-2-3-16(25)17(26)6-12/h2-3,6,9-10,13-14,19,30,34H,4-5,7-8,11H2,1H3,(H,29,35)(H,32,36)/t13?,14-,19+/m0/s1. The summed E-state index contributed by atoms with van der Waals surface area (Å²) in [7, 11) is 1.71. The normalized spacial score (nSPS) is 19.6. The molecule has 1 unspecified atom stereocenters. The van der Waals surface area contributed by atoms with E-state index in [0.29, 0.717) is 39.3 Å². The highest BCUT2D eigenvalue weighted by molar-refractivity contribution is 6.42. The fraction of sp³-hybridized carbons (Fsp3) is 0.375. The van der Waals surface area contributed by atoms with Crippen LogP contribution in [0, 0.1) is 0 Å². The molecule has 1 aliphatic heterocycles. The topological polar surface area (TPSA) is 121 Å². The van der Waals surface area contributed by atoms with Crippen LogP contribution in [0.4, 0.5) is 0 Å². The van der Waals surface area contributed by atoms with Crippen molar-refractivity contribution in [1.82, 2.24) is 25.7 Å². The molecule has 2 amide bonds. The summed E-state index contributed by atoms with van der Waals surface area (Å²) in [6.45, 7) is 0.455. The maximum absolute atomic E-state index is 13.2. The third kappa shape index (κ3) is 6.42. The number of benzene rings is 1. The maximum atomic E-state index is 13.2. The molecule has 198 valence electrons. The molecule has 3 atom stereocenters. The molecular weight excluding hydrogens is 564 g/mol. The number of nitrogens with one attached hydrogen (secondary N) is 3. The van der Waals surface area contributed by atoms with E-state index in [1.807, 2.05) is 6.07 Å². The monoisotopic (exact) mass is 587 g/mol. The number of halogens is 4. The number of carbonyl (C=O) groups is 2. The van der Waals surface area contributed by atoms with Crippen molar-refractivity contribution in [1.29, 1.82) is 0 Å². The second kappa shape index (κ2) is 12.1. The number of rotatable bonds is 8. The largest absolute Gasteiger partial charge is 0.439 e. The van der Waals surface area contributed by atoms with Gasteiger partial charge in [-0.15, -0.1) is 0 Å². The molecule has 4 N–H and O–H groups in total. The fourth-order valence-electron chi connectivity index (χ4n) is 4.50. The Morgan fingerprint density at radius 3 is 2.65 bits per heavy atom. The van der Waals surface area contributed by atoms with Gasteiger partial charge in [0, 0.05) is 50.6 Å². The lowest BCUT2D eigenvalue weighted by Crippen LogP contribution is -2.54. The summed E-state index contributed by atoms with van der Waals surface area (Å²) in [4.78, 5) is 25.4. The van der Waals surface area contributed by atoms with E-state index in [1.165, 1.54) is 12.3 Å². The lowest BCUT2D eigenvalue weighted by molar-refractivity contribution is -0.121. The van der Waals surface area contributed by atoms with Crippen LogP contribution in [0.5, 0.6) is 0 Å². The van der Waals surface area contributed by atoms with Crippen LogP contribution in [0.15, 0.2) is 34.9 Å². The zero-order chi connectivity index (χ0) is 26.7. The second-order valence-electron chi connectivity index (χ2n) is 8.74. The molecule has 1 saturated heterocycles. The predicted molar refractivity (Wildman–Crippen MR) is 143 cm³/mol. The number of aliphatic hydroxyl groups is 1. The summed E-state index contributed by atoms with van der Waals surface area (Å²) >= 11 is 24.9. The molecule has 0 bridgehead atoms. The first-order valence-corrected chi connectivity index (χ1v) is 13.0. The minimum absolute atomic E-state index is 0.0207. The van der Waals surface area contributed by atoms with Gasteiger partial charge in [0.05, 0.1) is 39.1 Å². The Balaban J connectivity index is 1.54. The first kappa shape index (κ1) is 27.8. The number of hydrogen-bond donors (Lipinski definition) is 4. The predicted octanol–water partition coefficient (Wildman–Crippen LogP) is 4.04. The fourth-order valence-corrected chi connectivity index (χ4v) is 5.30. The summed E-state index contributed by atoms with van der Waals surface area (Å²) in [6, 6.07) is 6.36. The quantitative estimate of drug-likeness (QED) is 0.315. The molecule has 0 aliphatic carbocycles. The number of aliphatic hydroxyl groups excluding tert-OH is 1. The van der Waals surface area contributed by atoms with Gasteiger partial charge in [-0.2, -0.15) is 5.10 Å². The molecule has 4 rings (SSSR count). The summed E-state index contributed by atoms with van der Waals surface area (Å²) in [6.07, 6.45) is 2.25. The van der Waals surface area contributed by atoms with Gasteiger partial charge >= 0.3 is 0 Å². The molecule has 9 nitrogen and oxygen atoms in total. The SMILES string of the molecule is Cn1ncc(Cl)c1-c1cc(C(=O)N[C@@H]2CNC(CC(=O)NCCO)C[C@H]2c2ccc(Cl)c(Cl)c2)oc1Cl. The average Bonchev–Trinajstić information content (AvgIpc) is 3.41. The molecular formula is C24H25Cl4N5O4. The van der Waals surface area contributed by atoms with Crippen molar-refractivity contribution in [2.45, 2.75) is 30.8 Å². The van der Waals surface area contributed by atoms with Crippen molar-refractivity contribution in [2.75, 3.05) is 19.7 Å². The third-order valence-electron chi connectivity index (χ3n) is 6.26. The van der Waals surface area contributed by atoms with E-state index >= 15 is 0 Å². The van der Waals surface area contributed by atoms with Crippen molar-refractivity contribution in [3.8, 4) is 11.3 Å². The van der Waals surface area contributed by atoms with Crippen LogP contribution in [0.25, 0.3) is 11.3 Å². The number of nitrogens with zero attached hydrogens (tertiary/aromatic N) is 2. The average molecular weight is 589 g/mol. The van der Waals surface area contributed by atoms with Gasteiger partial charge in [0.2, 0.25) is 11.1 Å². The van der Waals surface area contributed by atoms with Gasteiger partial charge in [-0.3, -0.25) is 14.3 Å². The minimum atomic E-state index is -0.456. The molecule has 2 aromatic heterocycles. The molecule has 0 spiro atoms. The van der Waals surface area contributed by atoms with Crippen LogP contribution in [0.2, 0.25) is 20.3 Å². The molecule has 1 fully saturated rings. The summed E-state index contributed by atoms with van der Waals surface area (Å²) in [5.74, 6) is -0.779. The highest BCUT2D eigenvalue weighted by Gasteiger charge is 2.34. The van der Waals surface area contributed by atoms with Crippen LogP contribution >= 0.6 is 46.4 Å². The summed E-state index contributed by atoms with van der Waals surface area (Å²) in [5.41, 5.74) is 1.86. The van der Waals surface area contributed by atoms with E-state index in [2.05, 4.69) is 21.0 Å². The first-order chi connectivity index (χ1) is 17.7. The molecule has 1 aromatic carbocycles. The van der Waals surface area contributed by atoms with Crippen molar-refractivity contribution < 1.29 is 19.1 Å². The Kier molecular flexibility index (Phi) is 9.05. The maximum Gasteiger partial charge on any atom is 0.287 e. The third-order valence-corrected chi connectivity index (χ3v) is 7.56. The number of aromatic nitrogens is 2. The van der Waals surface area contributed by atoms with Crippen LogP contribution in [0.1, 0.15) is 34.9 Å². The Morgan fingerprint density at radius 1 is 1.19 bits per heavy atom. The Hall–Kier alpha value is -2.27. The highest BCUT2D eigenvalue weighted by Crippen LogP contribution is 2.36. The van der Waals surface area contributed by atoms with Gasteiger partial charge in [-0.1, -0.05) is 40.9 Å². The van der Waals surface area contributed by atoms with Gasteiger partial charge < -0.3 is 25.5 Å². The van der Waals surface area contributed by atoms with Gasteiger partial charge in [-0.05, 0) is 35.7 Å². The lowest BCUT2D eigenvalue weighted by Gasteiger charge is -2.37. The zero-order valence-corrected chi connectivity index (χ0v) is 22.8. The van der Waals surface area contributed by atoms with Gasteiger partial charge in [0.25, 0.3) is 5.91 Å². The van der Waals surface area contributed by atoms with Crippen molar-refractivity contribution in [3.63, 3.8) is 0 Å². The highest BCUT2D eigenvalue weighted by atomic mass is 35.5. The van der Waals surface area contributed by atoms with Crippen molar-refractivity contribution in [2.24, 2.45) is 7.05 Å². The number of amides is 2. The Labute approximate surface area is 233 Å². The van der Waals surface area contributed by atoms with Crippen LogP contribution in [-0.4, -0.2) is 58.5 Å².